The van der Waals surface area contributed by atoms with Gasteiger partial charge in [0.25, 0.3) is 0 Å². The highest BCUT2D eigenvalue weighted by Gasteiger charge is 2.16. The van der Waals surface area contributed by atoms with E-state index >= 15 is 0 Å². The molecule has 5 aromatic rings. The summed E-state index contributed by atoms with van der Waals surface area (Å²) in [5.41, 5.74) is 6.40. The molecule has 140 valence electrons. The van der Waals surface area contributed by atoms with Gasteiger partial charge in [-0.1, -0.05) is 72.8 Å². The van der Waals surface area contributed by atoms with Crippen molar-refractivity contribution in [3.8, 4) is 22.3 Å². The number of fused-ring (bicyclic) bond motifs is 2. The highest BCUT2D eigenvalue weighted by Crippen LogP contribution is 2.37. The number of benzene rings is 4. The Morgan fingerprint density at radius 2 is 1.48 bits per heavy atom. The molecule has 0 aliphatic carbocycles. The number of aromatic carboxylic acids is 1. The molecule has 0 radical (unpaired) electrons. The van der Waals surface area contributed by atoms with Gasteiger partial charge in [-0.05, 0) is 52.1 Å². The lowest BCUT2D eigenvalue weighted by molar-refractivity contribution is 0.0691. The summed E-state index contributed by atoms with van der Waals surface area (Å²) < 4.78 is 0. The topological polar surface area (TPSA) is 53.1 Å². The van der Waals surface area contributed by atoms with Crippen LogP contribution in [0, 0.1) is 6.92 Å². The van der Waals surface area contributed by atoms with Gasteiger partial charge in [0.05, 0.1) is 5.52 Å². The van der Waals surface area contributed by atoms with E-state index in [1.165, 1.54) is 5.39 Å². The first-order valence-corrected chi connectivity index (χ1v) is 9.56. The molecule has 0 aliphatic heterocycles. The second-order valence-corrected chi connectivity index (χ2v) is 7.31. The average molecular weight is 377 g/mol. The van der Waals surface area contributed by atoms with Crippen LogP contribution in [0.2, 0.25) is 0 Å². The van der Waals surface area contributed by atoms with Gasteiger partial charge in [0.2, 0.25) is 0 Å². The van der Waals surface area contributed by atoms with Crippen LogP contribution >= 0.6 is 0 Å². The number of carboxylic acid groups (broad SMARTS) is 1. The second-order valence-electron chi connectivity index (χ2n) is 7.31. The average Bonchev–Trinajstić information content (AvgIpc) is 3.19. The maximum absolute atomic E-state index is 11.7. The van der Waals surface area contributed by atoms with Crippen LogP contribution in [0.25, 0.3) is 43.9 Å². The molecule has 0 atom stereocenters. The number of aromatic nitrogens is 1. The number of rotatable bonds is 3. The zero-order valence-corrected chi connectivity index (χ0v) is 15.9. The molecule has 3 heteroatoms. The Kier molecular flexibility index (Phi) is 3.95. The SMILES string of the molecule is Cc1ccccc1-c1ccc(-c2ccc3ccccc3c2)c2cc(C(=O)O)[nH]c12. The minimum absolute atomic E-state index is 0.197. The maximum atomic E-state index is 11.7. The van der Waals surface area contributed by atoms with Gasteiger partial charge >= 0.3 is 5.97 Å². The Bertz CT molecular complexity index is 1390. The van der Waals surface area contributed by atoms with Crippen LogP contribution in [0.1, 0.15) is 16.1 Å². The normalized spacial score (nSPS) is 11.2. The van der Waals surface area contributed by atoms with Crippen molar-refractivity contribution >= 4 is 27.6 Å². The quantitative estimate of drug-likeness (QED) is 0.369. The van der Waals surface area contributed by atoms with Gasteiger partial charge in [-0.25, -0.2) is 4.79 Å². The van der Waals surface area contributed by atoms with Crippen molar-refractivity contribution in [1.29, 1.82) is 0 Å². The second kappa shape index (κ2) is 6.64. The molecule has 3 nitrogen and oxygen atoms in total. The largest absolute Gasteiger partial charge is 0.477 e. The van der Waals surface area contributed by atoms with E-state index in [4.69, 9.17) is 0 Å². The first-order valence-electron chi connectivity index (χ1n) is 9.56. The maximum Gasteiger partial charge on any atom is 0.352 e. The molecular formula is C26H19NO2. The molecule has 0 bridgehead atoms. The number of nitrogens with one attached hydrogen (secondary N) is 1. The van der Waals surface area contributed by atoms with Gasteiger partial charge < -0.3 is 10.1 Å². The van der Waals surface area contributed by atoms with E-state index in [1.54, 1.807) is 6.07 Å². The fourth-order valence-corrected chi connectivity index (χ4v) is 4.04. The molecule has 4 aromatic carbocycles. The monoisotopic (exact) mass is 377 g/mol. The third kappa shape index (κ3) is 2.88. The van der Waals surface area contributed by atoms with Crippen LogP contribution in [-0.2, 0) is 0 Å². The smallest absolute Gasteiger partial charge is 0.352 e. The van der Waals surface area contributed by atoms with E-state index < -0.39 is 5.97 Å². The molecule has 0 aliphatic rings. The molecule has 0 fully saturated rings. The number of carbonyl (C=O) groups is 1. The summed E-state index contributed by atoms with van der Waals surface area (Å²) in [4.78, 5) is 14.8. The van der Waals surface area contributed by atoms with Crippen molar-refractivity contribution in [2.24, 2.45) is 0 Å². The number of carboxylic acids is 1. The van der Waals surface area contributed by atoms with E-state index in [0.29, 0.717) is 0 Å². The minimum Gasteiger partial charge on any atom is -0.477 e. The van der Waals surface area contributed by atoms with Crippen molar-refractivity contribution in [2.45, 2.75) is 6.92 Å². The van der Waals surface area contributed by atoms with Crippen molar-refractivity contribution in [2.75, 3.05) is 0 Å². The summed E-state index contributed by atoms with van der Waals surface area (Å²) in [5, 5.41) is 12.8. The lowest BCUT2D eigenvalue weighted by atomic mass is 9.93. The number of aromatic amines is 1. The molecule has 2 N–H and O–H groups in total. The number of aryl methyl sites for hydroxylation is 1. The molecule has 5 rings (SSSR count). The van der Waals surface area contributed by atoms with Crippen molar-refractivity contribution < 1.29 is 9.90 Å². The van der Waals surface area contributed by atoms with Crippen LogP contribution < -0.4 is 0 Å². The summed E-state index contributed by atoms with van der Waals surface area (Å²) in [6.45, 7) is 2.07. The summed E-state index contributed by atoms with van der Waals surface area (Å²) in [7, 11) is 0. The number of hydrogen-bond acceptors (Lipinski definition) is 1. The van der Waals surface area contributed by atoms with Gasteiger partial charge in [-0.2, -0.15) is 0 Å². The molecule has 0 amide bonds. The van der Waals surface area contributed by atoms with Gasteiger partial charge in [0, 0.05) is 10.9 Å². The fraction of sp³-hybridized carbons (Fsp3) is 0.0385. The van der Waals surface area contributed by atoms with E-state index in [-0.39, 0.29) is 5.69 Å². The van der Waals surface area contributed by atoms with Crippen molar-refractivity contribution in [1.82, 2.24) is 4.98 Å². The molecule has 0 spiro atoms. The fourth-order valence-electron chi connectivity index (χ4n) is 4.04. The molecule has 1 heterocycles. The molecule has 0 saturated heterocycles. The molecular weight excluding hydrogens is 358 g/mol. The Labute approximate surface area is 168 Å². The van der Waals surface area contributed by atoms with Gasteiger partial charge in [0.15, 0.2) is 0 Å². The first-order chi connectivity index (χ1) is 14.1. The Balaban J connectivity index is 1.79. The highest BCUT2D eigenvalue weighted by atomic mass is 16.4. The predicted molar refractivity (Wildman–Crippen MR) is 118 cm³/mol. The summed E-state index contributed by atoms with van der Waals surface area (Å²) in [6.07, 6.45) is 0. The van der Waals surface area contributed by atoms with Gasteiger partial charge in [0.1, 0.15) is 5.69 Å². The molecule has 0 unspecified atom stereocenters. The van der Waals surface area contributed by atoms with Crippen molar-refractivity contribution in [3.05, 3.63) is 96.2 Å². The van der Waals surface area contributed by atoms with Crippen LogP contribution in [0.4, 0.5) is 0 Å². The Morgan fingerprint density at radius 1 is 0.759 bits per heavy atom. The van der Waals surface area contributed by atoms with E-state index in [1.807, 2.05) is 24.3 Å². The summed E-state index contributed by atoms with van der Waals surface area (Å²) >= 11 is 0. The first kappa shape index (κ1) is 17.3. The standard InChI is InChI=1S/C26H19NO2/c1-16-6-2-5-9-20(16)22-13-12-21(23-15-24(26(28)29)27-25(22)23)19-11-10-17-7-3-4-8-18(17)14-19/h2-15,27H,1H3,(H,28,29). The van der Waals surface area contributed by atoms with E-state index in [0.717, 1.165) is 44.1 Å². The zero-order valence-electron chi connectivity index (χ0n) is 15.9. The van der Waals surface area contributed by atoms with Gasteiger partial charge in [-0.15, -0.1) is 0 Å². The lowest BCUT2D eigenvalue weighted by Gasteiger charge is -2.11. The van der Waals surface area contributed by atoms with E-state index in [9.17, 15) is 9.90 Å². The third-order valence-corrected chi connectivity index (χ3v) is 5.52. The summed E-state index contributed by atoms with van der Waals surface area (Å²) in [6, 6.07) is 28.7. The highest BCUT2D eigenvalue weighted by molar-refractivity contribution is 6.07. The lowest BCUT2D eigenvalue weighted by Crippen LogP contribution is -1.95. The summed E-state index contributed by atoms with van der Waals surface area (Å²) in [5.74, 6) is -0.957. The van der Waals surface area contributed by atoms with Crippen molar-refractivity contribution in [3.63, 3.8) is 0 Å². The third-order valence-electron chi connectivity index (χ3n) is 5.52. The molecule has 29 heavy (non-hydrogen) atoms. The number of H-pyrrole nitrogens is 1. The van der Waals surface area contributed by atoms with Crippen LogP contribution in [0.15, 0.2) is 84.9 Å². The van der Waals surface area contributed by atoms with E-state index in [2.05, 4.69) is 66.5 Å². The van der Waals surface area contributed by atoms with Crippen LogP contribution in [0.3, 0.4) is 0 Å². The van der Waals surface area contributed by atoms with Crippen LogP contribution in [0.5, 0.6) is 0 Å². The number of hydrogen-bond donors (Lipinski definition) is 2. The molecule has 0 saturated carbocycles. The zero-order chi connectivity index (χ0) is 20.0. The molecule has 1 aromatic heterocycles. The van der Waals surface area contributed by atoms with Gasteiger partial charge in [-0.3, -0.25) is 0 Å². The minimum atomic E-state index is -0.957. The van der Waals surface area contributed by atoms with Crippen LogP contribution in [-0.4, -0.2) is 16.1 Å². The predicted octanol–water partition coefficient (Wildman–Crippen LogP) is 6.66. The Hall–Kier alpha value is -3.85. The Morgan fingerprint density at radius 3 is 2.28 bits per heavy atom.